The molecule has 9 heteroatoms. The van der Waals surface area contributed by atoms with Crippen molar-refractivity contribution in [3.63, 3.8) is 0 Å². The van der Waals surface area contributed by atoms with Gasteiger partial charge in [-0.1, -0.05) is 13.8 Å². The van der Waals surface area contributed by atoms with E-state index in [0.29, 0.717) is 25.0 Å². The maximum Gasteiger partial charge on any atom is 0.319 e. The predicted molar refractivity (Wildman–Crippen MR) is 97.1 cm³/mol. The number of halogens is 2. The number of hydrogen-bond acceptors (Lipinski definition) is 3. The normalized spacial score (nSPS) is 12.3. The number of aromatic nitrogens is 4. The number of nitrogens with one attached hydrogen (secondary N) is 1. The zero-order valence-electron chi connectivity index (χ0n) is 15.9. The topological polar surface area (TPSA) is 63.3 Å². The van der Waals surface area contributed by atoms with Crippen molar-refractivity contribution in [3.05, 3.63) is 35.7 Å². The Balaban J connectivity index is 2.16. The Kier molecular flexibility index (Phi) is 6.70. The molecule has 7 nitrogen and oxygen atoms in total. The lowest BCUT2D eigenvalue weighted by Crippen LogP contribution is -2.38. The average molecular weight is 367 g/mol. The van der Waals surface area contributed by atoms with Gasteiger partial charge in [-0.3, -0.25) is 9.25 Å². The van der Waals surface area contributed by atoms with Crippen LogP contribution in [0.25, 0.3) is 0 Å². The molecule has 0 aromatic carbocycles. The van der Waals surface area contributed by atoms with Crippen LogP contribution in [0.4, 0.5) is 8.78 Å². The number of imidazole rings is 1. The second kappa shape index (κ2) is 8.77. The van der Waals surface area contributed by atoms with Gasteiger partial charge in [0.1, 0.15) is 12.4 Å². The molecule has 0 unspecified atom stereocenters. The summed E-state index contributed by atoms with van der Waals surface area (Å²) in [4.78, 5) is 10.4. The van der Waals surface area contributed by atoms with Crippen LogP contribution < -0.4 is 5.32 Å². The molecule has 0 amide bonds. The standard InChI is InChI=1S/C17H27F2N7/c1-6-20-17(22-9-14-21-7-8-26(14)16(18)19)24(4)10-13-11-25(5)23-15(13)12(2)3/h7-8,11-12,16H,6,9-10H2,1-5H3,(H,20,22). The maximum absolute atomic E-state index is 12.9. The second-order valence-electron chi connectivity index (χ2n) is 6.42. The van der Waals surface area contributed by atoms with Crippen LogP contribution in [-0.4, -0.2) is 43.8 Å². The largest absolute Gasteiger partial charge is 0.357 e. The fraction of sp³-hybridized carbons (Fsp3) is 0.588. The molecule has 2 aromatic heterocycles. The lowest BCUT2D eigenvalue weighted by molar-refractivity contribution is 0.0671. The van der Waals surface area contributed by atoms with Gasteiger partial charge in [0.15, 0.2) is 5.96 Å². The van der Waals surface area contributed by atoms with Gasteiger partial charge >= 0.3 is 6.55 Å². The summed E-state index contributed by atoms with van der Waals surface area (Å²) in [5, 5.41) is 7.71. The lowest BCUT2D eigenvalue weighted by atomic mass is 10.1. The molecule has 0 aliphatic heterocycles. The van der Waals surface area contributed by atoms with Crippen molar-refractivity contribution in [3.8, 4) is 0 Å². The Hall–Kier alpha value is -2.45. The van der Waals surface area contributed by atoms with E-state index in [0.717, 1.165) is 15.8 Å². The van der Waals surface area contributed by atoms with Crippen LogP contribution in [-0.2, 0) is 20.1 Å². The zero-order valence-corrected chi connectivity index (χ0v) is 15.9. The van der Waals surface area contributed by atoms with Gasteiger partial charge in [0.25, 0.3) is 0 Å². The van der Waals surface area contributed by atoms with Gasteiger partial charge in [0, 0.05) is 51.3 Å². The molecule has 0 aliphatic rings. The number of alkyl halides is 2. The molecule has 2 aromatic rings. The van der Waals surface area contributed by atoms with Crippen LogP contribution >= 0.6 is 0 Å². The summed E-state index contributed by atoms with van der Waals surface area (Å²) in [5.41, 5.74) is 2.16. The Morgan fingerprint density at radius 3 is 2.73 bits per heavy atom. The summed E-state index contributed by atoms with van der Waals surface area (Å²) in [7, 11) is 3.82. The Morgan fingerprint density at radius 1 is 1.38 bits per heavy atom. The minimum atomic E-state index is -2.62. The zero-order chi connectivity index (χ0) is 19.3. The molecule has 0 spiro atoms. The van der Waals surface area contributed by atoms with E-state index in [4.69, 9.17) is 0 Å². The summed E-state index contributed by atoms with van der Waals surface area (Å²) in [6.07, 6.45) is 4.62. The summed E-state index contributed by atoms with van der Waals surface area (Å²) >= 11 is 0. The van der Waals surface area contributed by atoms with Gasteiger partial charge in [-0.15, -0.1) is 0 Å². The first-order valence-electron chi connectivity index (χ1n) is 8.65. The summed E-state index contributed by atoms with van der Waals surface area (Å²) in [5.74, 6) is 1.18. The van der Waals surface area contributed by atoms with Crippen LogP contribution in [0.15, 0.2) is 23.6 Å². The monoisotopic (exact) mass is 367 g/mol. The fourth-order valence-electron chi connectivity index (χ4n) is 2.75. The first-order valence-corrected chi connectivity index (χ1v) is 8.65. The molecule has 0 fully saturated rings. The smallest absolute Gasteiger partial charge is 0.319 e. The summed E-state index contributed by atoms with van der Waals surface area (Å²) in [6, 6.07) is 0. The highest BCUT2D eigenvalue weighted by Crippen LogP contribution is 2.19. The minimum Gasteiger partial charge on any atom is -0.357 e. The van der Waals surface area contributed by atoms with Crippen LogP contribution in [0.5, 0.6) is 0 Å². The third kappa shape index (κ3) is 4.80. The van der Waals surface area contributed by atoms with Gasteiger partial charge < -0.3 is 10.2 Å². The predicted octanol–water partition coefficient (Wildman–Crippen LogP) is 2.73. The molecule has 2 heterocycles. The Morgan fingerprint density at radius 2 is 2.12 bits per heavy atom. The SMILES string of the molecule is CCNC(=NCc1nccn1C(F)F)N(C)Cc1cn(C)nc1C(C)C. The number of guanidine groups is 1. The molecular formula is C17H27F2N7. The molecule has 0 saturated carbocycles. The highest BCUT2D eigenvalue weighted by atomic mass is 19.3. The van der Waals surface area contributed by atoms with E-state index >= 15 is 0 Å². The quantitative estimate of drug-likeness (QED) is 0.604. The maximum atomic E-state index is 12.9. The molecule has 0 atom stereocenters. The molecule has 1 N–H and O–H groups in total. The van der Waals surface area contributed by atoms with Crippen molar-refractivity contribution in [2.45, 2.75) is 46.3 Å². The number of aryl methyl sites for hydroxylation is 1. The van der Waals surface area contributed by atoms with Crippen molar-refractivity contribution < 1.29 is 8.78 Å². The molecular weight excluding hydrogens is 340 g/mol. The van der Waals surface area contributed by atoms with Gasteiger partial charge in [-0.2, -0.15) is 13.9 Å². The third-order valence-electron chi connectivity index (χ3n) is 3.92. The van der Waals surface area contributed by atoms with Crippen LogP contribution in [0, 0.1) is 0 Å². The highest BCUT2D eigenvalue weighted by Gasteiger charge is 2.16. The molecule has 0 bridgehead atoms. The van der Waals surface area contributed by atoms with Crippen molar-refractivity contribution >= 4 is 5.96 Å². The van der Waals surface area contributed by atoms with Crippen LogP contribution in [0.3, 0.4) is 0 Å². The Bertz CT molecular complexity index is 733. The van der Waals surface area contributed by atoms with E-state index in [1.165, 1.54) is 12.4 Å². The van der Waals surface area contributed by atoms with Crippen LogP contribution in [0.1, 0.15) is 50.3 Å². The van der Waals surface area contributed by atoms with E-state index in [1.807, 2.05) is 36.8 Å². The average Bonchev–Trinajstić information content (AvgIpc) is 3.17. The molecule has 144 valence electrons. The number of nitrogens with zero attached hydrogens (tertiary/aromatic N) is 6. The van der Waals surface area contributed by atoms with E-state index in [2.05, 4.69) is 34.2 Å². The lowest BCUT2D eigenvalue weighted by Gasteiger charge is -2.22. The van der Waals surface area contributed by atoms with Gasteiger partial charge in [-0.25, -0.2) is 9.98 Å². The Labute approximate surface area is 152 Å². The van der Waals surface area contributed by atoms with E-state index in [-0.39, 0.29) is 12.4 Å². The summed E-state index contributed by atoms with van der Waals surface area (Å²) < 4.78 is 28.5. The second-order valence-corrected chi connectivity index (χ2v) is 6.42. The first kappa shape index (κ1) is 19.9. The van der Waals surface area contributed by atoms with Crippen molar-refractivity contribution in [1.82, 2.24) is 29.5 Å². The molecule has 26 heavy (non-hydrogen) atoms. The van der Waals surface area contributed by atoms with Crippen molar-refractivity contribution in [2.75, 3.05) is 13.6 Å². The highest BCUT2D eigenvalue weighted by molar-refractivity contribution is 5.79. The van der Waals surface area contributed by atoms with Crippen molar-refractivity contribution in [1.29, 1.82) is 0 Å². The van der Waals surface area contributed by atoms with Gasteiger partial charge in [-0.05, 0) is 12.8 Å². The van der Waals surface area contributed by atoms with E-state index in [1.54, 1.807) is 0 Å². The van der Waals surface area contributed by atoms with Gasteiger partial charge in [0.05, 0.1) is 5.69 Å². The number of rotatable bonds is 7. The van der Waals surface area contributed by atoms with E-state index in [9.17, 15) is 8.78 Å². The minimum absolute atomic E-state index is 0.0775. The summed E-state index contributed by atoms with van der Waals surface area (Å²) in [6.45, 7) is 4.94. The van der Waals surface area contributed by atoms with Crippen molar-refractivity contribution in [2.24, 2.45) is 12.0 Å². The molecule has 0 aliphatic carbocycles. The first-order chi connectivity index (χ1) is 12.3. The molecule has 0 radical (unpaired) electrons. The molecule has 2 rings (SSSR count). The van der Waals surface area contributed by atoms with Gasteiger partial charge in [0.2, 0.25) is 0 Å². The molecule has 0 saturated heterocycles. The van der Waals surface area contributed by atoms with Crippen LogP contribution in [0.2, 0.25) is 0 Å². The fourth-order valence-corrected chi connectivity index (χ4v) is 2.75. The number of hydrogen-bond donors (Lipinski definition) is 1. The third-order valence-corrected chi connectivity index (χ3v) is 3.92. The number of aliphatic imine (C=N–C) groups is 1. The van der Waals surface area contributed by atoms with E-state index < -0.39 is 6.55 Å².